The van der Waals surface area contributed by atoms with Crippen molar-refractivity contribution >= 4 is 8.81 Å². The van der Waals surface area contributed by atoms with E-state index in [1.54, 1.807) is 0 Å². The van der Waals surface area contributed by atoms with Crippen LogP contribution in [0.1, 0.15) is 47.5 Å². The van der Waals surface area contributed by atoms with Crippen LogP contribution in [0.2, 0.25) is 0 Å². The lowest BCUT2D eigenvalue weighted by molar-refractivity contribution is 0.156. The molecule has 0 aromatic rings. The summed E-state index contributed by atoms with van der Waals surface area (Å²) in [5, 5.41) is 0. The Balaban J connectivity index is 3.41. The highest BCUT2D eigenvalue weighted by atomic mass is 31.1. The lowest BCUT2D eigenvalue weighted by Crippen LogP contribution is -2.15. The van der Waals surface area contributed by atoms with Crippen LogP contribution in [-0.4, -0.2) is 11.8 Å². The standard InChI is InChI=1S/C10H23OP/c1-6-9(7-2)8-12-11-10(3,4)5/h9,12H,6-8H2,1-5H3. The Morgan fingerprint density at radius 3 is 2.00 bits per heavy atom. The van der Waals surface area contributed by atoms with Crippen molar-refractivity contribution in [3.05, 3.63) is 0 Å². The second-order valence-electron chi connectivity index (χ2n) is 4.25. The Morgan fingerprint density at radius 1 is 1.17 bits per heavy atom. The first-order chi connectivity index (χ1) is 5.49. The smallest absolute Gasteiger partial charge is 0.0637 e. The summed E-state index contributed by atoms with van der Waals surface area (Å²) in [5.41, 5.74) is 0.0461. The summed E-state index contributed by atoms with van der Waals surface area (Å²) >= 11 is 0. The van der Waals surface area contributed by atoms with Crippen LogP contribution in [0.25, 0.3) is 0 Å². The molecule has 0 aliphatic carbocycles. The summed E-state index contributed by atoms with van der Waals surface area (Å²) in [6.07, 6.45) is 3.82. The maximum atomic E-state index is 5.69. The zero-order valence-electron chi connectivity index (χ0n) is 9.11. The van der Waals surface area contributed by atoms with Crippen LogP contribution in [0.4, 0.5) is 0 Å². The van der Waals surface area contributed by atoms with Gasteiger partial charge in [-0.3, -0.25) is 0 Å². The molecule has 0 rings (SSSR count). The second-order valence-corrected chi connectivity index (χ2v) is 5.15. The normalized spacial score (nSPS) is 13.5. The summed E-state index contributed by atoms with van der Waals surface area (Å²) in [7, 11) is 0.678. The molecule has 2 heteroatoms. The highest BCUT2D eigenvalue weighted by molar-refractivity contribution is 7.32. The molecule has 0 bridgehead atoms. The van der Waals surface area contributed by atoms with Gasteiger partial charge in [-0.25, -0.2) is 0 Å². The first kappa shape index (κ1) is 12.4. The van der Waals surface area contributed by atoms with E-state index in [0.717, 1.165) is 5.92 Å². The summed E-state index contributed by atoms with van der Waals surface area (Å²) in [4.78, 5) is 0. The quantitative estimate of drug-likeness (QED) is 0.599. The first-order valence-electron chi connectivity index (χ1n) is 4.90. The van der Waals surface area contributed by atoms with Crippen molar-refractivity contribution in [1.82, 2.24) is 0 Å². The Kier molecular flexibility index (Phi) is 6.13. The van der Waals surface area contributed by atoms with Gasteiger partial charge in [0.15, 0.2) is 0 Å². The molecule has 0 aromatic heterocycles. The summed E-state index contributed by atoms with van der Waals surface area (Å²) in [5.74, 6) is 0.866. The Labute approximate surface area is 79.1 Å². The van der Waals surface area contributed by atoms with E-state index in [9.17, 15) is 0 Å². The van der Waals surface area contributed by atoms with E-state index in [-0.39, 0.29) is 5.60 Å². The molecule has 0 radical (unpaired) electrons. The molecule has 0 saturated heterocycles. The van der Waals surface area contributed by atoms with Crippen molar-refractivity contribution in [2.75, 3.05) is 6.16 Å². The fourth-order valence-electron chi connectivity index (χ4n) is 0.953. The highest BCUT2D eigenvalue weighted by Crippen LogP contribution is 2.26. The van der Waals surface area contributed by atoms with Crippen molar-refractivity contribution in [3.63, 3.8) is 0 Å². The third-order valence-electron chi connectivity index (χ3n) is 1.91. The predicted molar refractivity (Wildman–Crippen MR) is 58.1 cm³/mol. The SMILES string of the molecule is CCC(CC)CPOC(C)(C)C. The molecule has 0 spiro atoms. The molecule has 0 amide bonds. The second kappa shape index (κ2) is 5.94. The molecule has 0 heterocycles. The van der Waals surface area contributed by atoms with Crippen molar-refractivity contribution in [2.45, 2.75) is 53.1 Å². The summed E-state index contributed by atoms with van der Waals surface area (Å²) in [6.45, 7) is 10.9. The van der Waals surface area contributed by atoms with E-state index in [1.165, 1.54) is 19.0 Å². The third-order valence-corrected chi connectivity index (χ3v) is 3.41. The van der Waals surface area contributed by atoms with Crippen LogP contribution >= 0.6 is 8.81 Å². The van der Waals surface area contributed by atoms with Gasteiger partial charge in [0, 0.05) is 8.81 Å². The largest absolute Gasteiger partial charge is 0.357 e. The fourth-order valence-corrected chi connectivity index (χ4v) is 2.28. The molecule has 0 fully saturated rings. The number of hydrogen-bond acceptors (Lipinski definition) is 1. The van der Waals surface area contributed by atoms with E-state index in [2.05, 4.69) is 34.6 Å². The topological polar surface area (TPSA) is 9.23 Å². The molecule has 74 valence electrons. The minimum absolute atomic E-state index is 0.0461. The Morgan fingerprint density at radius 2 is 1.67 bits per heavy atom. The van der Waals surface area contributed by atoms with Crippen molar-refractivity contribution in [1.29, 1.82) is 0 Å². The van der Waals surface area contributed by atoms with Crippen LogP contribution in [0.15, 0.2) is 0 Å². The highest BCUT2D eigenvalue weighted by Gasteiger charge is 2.11. The molecule has 0 aliphatic rings. The molecule has 0 aliphatic heterocycles. The molecule has 0 aromatic carbocycles. The maximum absolute atomic E-state index is 5.69. The van der Waals surface area contributed by atoms with Crippen LogP contribution < -0.4 is 0 Å². The van der Waals surface area contributed by atoms with Gasteiger partial charge < -0.3 is 4.52 Å². The molecule has 1 atom stereocenters. The average Bonchev–Trinajstić information content (AvgIpc) is 1.96. The van der Waals surface area contributed by atoms with Gasteiger partial charge in [0.05, 0.1) is 5.60 Å². The minimum Gasteiger partial charge on any atom is -0.357 e. The molecule has 12 heavy (non-hydrogen) atoms. The van der Waals surface area contributed by atoms with Crippen molar-refractivity contribution in [2.24, 2.45) is 5.92 Å². The van der Waals surface area contributed by atoms with E-state index < -0.39 is 0 Å². The monoisotopic (exact) mass is 190 g/mol. The van der Waals surface area contributed by atoms with Crippen molar-refractivity contribution in [3.8, 4) is 0 Å². The Bertz CT molecular complexity index is 103. The zero-order chi connectivity index (χ0) is 9.61. The summed E-state index contributed by atoms with van der Waals surface area (Å²) in [6, 6.07) is 0. The summed E-state index contributed by atoms with van der Waals surface area (Å²) < 4.78 is 5.69. The van der Waals surface area contributed by atoms with Gasteiger partial charge >= 0.3 is 0 Å². The minimum atomic E-state index is 0.0461. The van der Waals surface area contributed by atoms with E-state index in [4.69, 9.17) is 4.52 Å². The van der Waals surface area contributed by atoms with E-state index in [1.807, 2.05) is 0 Å². The zero-order valence-corrected chi connectivity index (χ0v) is 10.1. The van der Waals surface area contributed by atoms with E-state index in [0.29, 0.717) is 8.81 Å². The van der Waals surface area contributed by atoms with Crippen molar-refractivity contribution < 1.29 is 4.52 Å². The lowest BCUT2D eigenvalue weighted by Gasteiger charge is -2.21. The van der Waals surface area contributed by atoms with Gasteiger partial charge in [-0.15, -0.1) is 0 Å². The molecule has 0 saturated carbocycles. The Hall–Kier alpha value is 0.390. The van der Waals surface area contributed by atoms with Crippen LogP contribution in [-0.2, 0) is 4.52 Å². The average molecular weight is 190 g/mol. The van der Waals surface area contributed by atoms with Gasteiger partial charge in [-0.2, -0.15) is 0 Å². The van der Waals surface area contributed by atoms with Gasteiger partial charge in [0.2, 0.25) is 0 Å². The van der Waals surface area contributed by atoms with Gasteiger partial charge in [-0.1, -0.05) is 26.7 Å². The molecule has 1 nitrogen and oxygen atoms in total. The van der Waals surface area contributed by atoms with Crippen LogP contribution in [0, 0.1) is 5.92 Å². The lowest BCUT2D eigenvalue weighted by atomic mass is 10.1. The predicted octanol–water partition coefficient (Wildman–Crippen LogP) is 3.83. The first-order valence-corrected chi connectivity index (χ1v) is 6.02. The van der Waals surface area contributed by atoms with Crippen LogP contribution in [0.5, 0.6) is 0 Å². The molecular weight excluding hydrogens is 167 g/mol. The maximum Gasteiger partial charge on any atom is 0.0637 e. The molecule has 0 N–H and O–H groups in total. The molecule has 1 unspecified atom stereocenters. The third kappa shape index (κ3) is 7.06. The fraction of sp³-hybridized carbons (Fsp3) is 1.00. The van der Waals surface area contributed by atoms with Crippen LogP contribution in [0.3, 0.4) is 0 Å². The molecular formula is C10H23OP. The van der Waals surface area contributed by atoms with Gasteiger partial charge in [0.25, 0.3) is 0 Å². The number of rotatable bonds is 5. The number of hydrogen-bond donors (Lipinski definition) is 0. The van der Waals surface area contributed by atoms with E-state index >= 15 is 0 Å². The van der Waals surface area contributed by atoms with Gasteiger partial charge in [-0.05, 0) is 32.9 Å². The van der Waals surface area contributed by atoms with Gasteiger partial charge in [0.1, 0.15) is 0 Å².